The molecule has 0 bridgehead atoms. The molecule has 0 radical (unpaired) electrons. The van der Waals surface area contributed by atoms with E-state index >= 15 is 0 Å². The van der Waals surface area contributed by atoms with Crippen molar-refractivity contribution in [2.45, 2.75) is 19.4 Å². The van der Waals surface area contributed by atoms with Gasteiger partial charge in [0.2, 0.25) is 0 Å². The summed E-state index contributed by atoms with van der Waals surface area (Å²) in [6.07, 6.45) is 5.42. The Labute approximate surface area is 158 Å². The van der Waals surface area contributed by atoms with Gasteiger partial charge in [-0.3, -0.25) is 14.5 Å². The van der Waals surface area contributed by atoms with Crippen LogP contribution in [0.1, 0.15) is 28.0 Å². The highest BCUT2D eigenvalue weighted by atomic mass is 16.5. The summed E-state index contributed by atoms with van der Waals surface area (Å²) in [5, 5.41) is 4.72. The Morgan fingerprint density at radius 2 is 2.00 bits per heavy atom. The fourth-order valence-corrected chi connectivity index (χ4v) is 3.59. The fraction of sp³-hybridized carbons (Fsp3) is 0.286. The first-order chi connectivity index (χ1) is 13.2. The van der Waals surface area contributed by atoms with Crippen LogP contribution in [0, 0.1) is 0 Å². The molecule has 0 saturated heterocycles. The molecule has 0 fully saturated rings. The van der Waals surface area contributed by atoms with E-state index in [9.17, 15) is 4.79 Å². The predicted molar refractivity (Wildman–Crippen MR) is 102 cm³/mol. The van der Waals surface area contributed by atoms with Gasteiger partial charge in [-0.15, -0.1) is 0 Å². The number of benzene rings is 1. The Morgan fingerprint density at radius 1 is 1.19 bits per heavy atom. The van der Waals surface area contributed by atoms with Gasteiger partial charge >= 0.3 is 0 Å². The van der Waals surface area contributed by atoms with Crippen LogP contribution < -0.4 is 4.74 Å². The van der Waals surface area contributed by atoms with Gasteiger partial charge in [0.15, 0.2) is 0 Å². The summed E-state index contributed by atoms with van der Waals surface area (Å²) >= 11 is 0. The number of ether oxygens (including phenoxy) is 1. The summed E-state index contributed by atoms with van der Waals surface area (Å²) in [5.41, 5.74) is 4.97. The normalized spacial score (nSPS) is 13.8. The minimum absolute atomic E-state index is 0.0367. The molecule has 1 aliphatic rings. The molecule has 0 unspecified atom stereocenters. The summed E-state index contributed by atoms with van der Waals surface area (Å²) < 4.78 is 7.08. The van der Waals surface area contributed by atoms with Gasteiger partial charge in [0, 0.05) is 42.7 Å². The molecule has 1 aliphatic heterocycles. The van der Waals surface area contributed by atoms with E-state index in [1.807, 2.05) is 59.2 Å². The highest BCUT2D eigenvalue weighted by Crippen LogP contribution is 2.29. The van der Waals surface area contributed by atoms with E-state index in [2.05, 4.69) is 4.98 Å². The topological polar surface area (TPSA) is 60.2 Å². The molecular formula is C21H22N4O2. The number of methoxy groups -OCH3 is 1. The van der Waals surface area contributed by atoms with Crippen LogP contribution >= 0.6 is 0 Å². The molecule has 0 atom stereocenters. The van der Waals surface area contributed by atoms with Gasteiger partial charge in [-0.25, -0.2) is 0 Å². The molecule has 6 nitrogen and oxygen atoms in total. The number of aryl methyl sites for hydroxylation is 1. The maximum Gasteiger partial charge on any atom is 0.254 e. The zero-order valence-electron chi connectivity index (χ0n) is 15.6. The summed E-state index contributed by atoms with van der Waals surface area (Å²) in [6.45, 7) is 1.29. The van der Waals surface area contributed by atoms with Crippen molar-refractivity contribution in [3.8, 4) is 17.0 Å². The van der Waals surface area contributed by atoms with Crippen molar-refractivity contribution >= 4 is 5.91 Å². The molecule has 2 aromatic heterocycles. The van der Waals surface area contributed by atoms with Crippen molar-refractivity contribution in [2.24, 2.45) is 7.05 Å². The largest absolute Gasteiger partial charge is 0.497 e. The van der Waals surface area contributed by atoms with Crippen molar-refractivity contribution in [1.29, 1.82) is 0 Å². The van der Waals surface area contributed by atoms with Crippen molar-refractivity contribution in [3.05, 3.63) is 65.6 Å². The zero-order chi connectivity index (χ0) is 18.8. The number of pyridine rings is 1. The summed E-state index contributed by atoms with van der Waals surface area (Å²) in [4.78, 5) is 19.1. The van der Waals surface area contributed by atoms with Gasteiger partial charge in [0.1, 0.15) is 5.75 Å². The molecule has 0 N–H and O–H groups in total. The molecule has 138 valence electrons. The van der Waals surface area contributed by atoms with E-state index in [0.717, 1.165) is 42.1 Å². The monoisotopic (exact) mass is 362 g/mol. The summed E-state index contributed by atoms with van der Waals surface area (Å²) in [7, 11) is 3.56. The van der Waals surface area contributed by atoms with Gasteiger partial charge in [-0.1, -0.05) is 0 Å². The molecule has 3 heterocycles. The second kappa shape index (κ2) is 7.23. The number of fused-ring (bicyclic) bond motifs is 1. The van der Waals surface area contributed by atoms with E-state index in [4.69, 9.17) is 9.84 Å². The smallest absolute Gasteiger partial charge is 0.254 e. The molecule has 6 heteroatoms. The lowest BCUT2D eigenvalue weighted by Gasteiger charge is -2.21. The van der Waals surface area contributed by atoms with E-state index in [0.29, 0.717) is 12.1 Å². The first-order valence-corrected chi connectivity index (χ1v) is 9.06. The van der Waals surface area contributed by atoms with Gasteiger partial charge in [0.05, 0.1) is 25.0 Å². The zero-order valence-corrected chi connectivity index (χ0v) is 15.6. The molecule has 4 rings (SSSR count). The average Bonchev–Trinajstić information content (AvgIpc) is 2.89. The third kappa shape index (κ3) is 3.30. The molecule has 0 saturated carbocycles. The van der Waals surface area contributed by atoms with Crippen LogP contribution in [0.15, 0.2) is 48.8 Å². The molecule has 1 amide bonds. The van der Waals surface area contributed by atoms with Crippen molar-refractivity contribution in [3.63, 3.8) is 0 Å². The van der Waals surface area contributed by atoms with Gasteiger partial charge in [-0.2, -0.15) is 5.10 Å². The molecule has 0 spiro atoms. The quantitative estimate of drug-likeness (QED) is 0.718. The number of carbonyl (C=O) groups excluding carboxylic acids is 1. The fourth-order valence-electron chi connectivity index (χ4n) is 3.59. The SMILES string of the molecule is COc1ccc(C(=O)N2CCCc3c(-c4cccnc4)nn(C)c3C2)cc1. The maximum atomic E-state index is 13.0. The van der Waals surface area contributed by atoms with Crippen LogP contribution in [0.5, 0.6) is 5.75 Å². The highest BCUT2D eigenvalue weighted by Gasteiger charge is 2.25. The Bertz CT molecular complexity index is 948. The standard InChI is InChI=1S/C21H22N4O2/c1-24-19-14-25(21(26)15-7-9-17(27-2)10-8-15)12-4-6-18(19)20(23-24)16-5-3-11-22-13-16/h3,5,7-11,13H,4,6,12,14H2,1-2H3. The maximum absolute atomic E-state index is 13.0. The number of nitrogens with zero attached hydrogens (tertiary/aromatic N) is 4. The lowest BCUT2D eigenvalue weighted by molar-refractivity contribution is 0.0742. The average molecular weight is 362 g/mol. The van der Waals surface area contributed by atoms with E-state index in [-0.39, 0.29) is 5.91 Å². The minimum atomic E-state index is 0.0367. The number of amides is 1. The molecule has 0 aliphatic carbocycles. The Kier molecular flexibility index (Phi) is 4.62. The van der Waals surface area contributed by atoms with Crippen LogP contribution in [0.3, 0.4) is 0 Å². The van der Waals surface area contributed by atoms with E-state index < -0.39 is 0 Å². The predicted octanol–water partition coefficient (Wildman–Crippen LogP) is 3.08. The number of rotatable bonds is 3. The molecular weight excluding hydrogens is 340 g/mol. The summed E-state index contributed by atoms with van der Waals surface area (Å²) in [6, 6.07) is 11.2. The Hall–Kier alpha value is -3.15. The van der Waals surface area contributed by atoms with Crippen LogP contribution in [-0.2, 0) is 20.0 Å². The molecule has 27 heavy (non-hydrogen) atoms. The van der Waals surface area contributed by atoms with Crippen LogP contribution in [0.4, 0.5) is 0 Å². The van der Waals surface area contributed by atoms with Gasteiger partial charge in [0.25, 0.3) is 5.91 Å². The van der Waals surface area contributed by atoms with Crippen LogP contribution in [0.2, 0.25) is 0 Å². The van der Waals surface area contributed by atoms with Crippen LogP contribution in [-0.4, -0.2) is 39.2 Å². The van der Waals surface area contributed by atoms with Crippen molar-refractivity contribution in [2.75, 3.05) is 13.7 Å². The second-order valence-electron chi connectivity index (χ2n) is 6.70. The lowest BCUT2D eigenvalue weighted by Crippen LogP contribution is -2.31. The Balaban J connectivity index is 1.63. The third-order valence-corrected chi connectivity index (χ3v) is 5.03. The number of aromatic nitrogens is 3. The van der Waals surface area contributed by atoms with Gasteiger partial charge in [-0.05, 0) is 49.2 Å². The van der Waals surface area contributed by atoms with Crippen LogP contribution in [0.25, 0.3) is 11.3 Å². The van der Waals surface area contributed by atoms with Crippen molar-refractivity contribution < 1.29 is 9.53 Å². The van der Waals surface area contributed by atoms with Gasteiger partial charge < -0.3 is 9.64 Å². The number of carbonyl (C=O) groups is 1. The Morgan fingerprint density at radius 3 is 2.70 bits per heavy atom. The number of hydrogen-bond donors (Lipinski definition) is 0. The minimum Gasteiger partial charge on any atom is -0.497 e. The third-order valence-electron chi connectivity index (χ3n) is 5.03. The second-order valence-corrected chi connectivity index (χ2v) is 6.70. The highest BCUT2D eigenvalue weighted by molar-refractivity contribution is 5.94. The molecule has 3 aromatic rings. The van der Waals surface area contributed by atoms with E-state index in [1.165, 1.54) is 5.56 Å². The lowest BCUT2D eigenvalue weighted by atomic mass is 10.0. The molecule has 1 aromatic carbocycles. The first kappa shape index (κ1) is 17.3. The van der Waals surface area contributed by atoms with Crippen molar-refractivity contribution in [1.82, 2.24) is 19.7 Å². The van der Waals surface area contributed by atoms with E-state index in [1.54, 1.807) is 13.3 Å². The number of hydrogen-bond acceptors (Lipinski definition) is 4. The first-order valence-electron chi connectivity index (χ1n) is 9.06. The summed E-state index contributed by atoms with van der Waals surface area (Å²) in [5.74, 6) is 0.784.